The number of carbonyl (C=O) groups excluding carboxylic acids is 1. The predicted molar refractivity (Wildman–Crippen MR) is 117 cm³/mol. The molecule has 156 valence electrons. The summed E-state index contributed by atoms with van der Waals surface area (Å²) in [6, 6.07) is 21.7. The van der Waals surface area contributed by atoms with Crippen molar-refractivity contribution >= 4 is 5.91 Å². The molecule has 0 saturated carbocycles. The van der Waals surface area contributed by atoms with E-state index in [0.717, 1.165) is 11.3 Å². The van der Waals surface area contributed by atoms with E-state index in [4.69, 9.17) is 4.74 Å². The van der Waals surface area contributed by atoms with Gasteiger partial charge in [0.25, 0.3) is 5.91 Å². The van der Waals surface area contributed by atoms with Crippen LogP contribution in [0.2, 0.25) is 0 Å². The Morgan fingerprint density at radius 2 is 1.77 bits per heavy atom. The number of nitrogens with zero attached hydrogens (tertiary/aromatic N) is 2. The average molecular weight is 415 g/mol. The van der Waals surface area contributed by atoms with Gasteiger partial charge in [0.15, 0.2) is 0 Å². The van der Waals surface area contributed by atoms with E-state index in [2.05, 4.69) is 10.3 Å². The van der Waals surface area contributed by atoms with Crippen LogP contribution in [-0.4, -0.2) is 15.5 Å². The first-order chi connectivity index (χ1) is 15.1. The molecule has 0 aliphatic rings. The molecule has 0 unspecified atom stereocenters. The van der Waals surface area contributed by atoms with E-state index in [-0.39, 0.29) is 18.3 Å². The van der Waals surface area contributed by atoms with Crippen LogP contribution in [0.1, 0.15) is 27.3 Å². The van der Waals surface area contributed by atoms with Gasteiger partial charge in [-0.3, -0.25) is 4.79 Å². The Hall–Kier alpha value is -3.93. The van der Waals surface area contributed by atoms with Gasteiger partial charge in [-0.25, -0.2) is 9.37 Å². The average Bonchev–Trinajstić information content (AvgIpc) is 3.22. The molecule has 0 bridgehead atoms. The van der Waals surface area contributed by atoms with E-state index in [1.165, 1.54) is 6.07 Å². The summed E-state index contributed by atoms with van der Waals surface area (Å²) in [6.45, 7) is 2.47. The lowest BCUT2D eigenvalue weighted by Gasteiger charge is -2.10. The second kappa shape index (κ2) is 9.26. The Balaban J connectivity index is 1.33. The number of ether oxygens (including phenoxy) is 1. The number of carbonyl (C=O) groups is 1. The number of halogens is 1. The van der Waals surface area contributed by atoms with E-state index in [9.17, 15) is 9.18 Å². The number of nitrogens with one attached hydrogen (secondary N) is 1. The van der Waals surface area contributed by atoms with Gasteiger partial charge in [0.2, 0.25) is 0 Å². The topological polar surface area (TPSA) is 56.2 Å². The van der Waals surface area contributed by atoms with Crippen molar-refractivity contribution in [3.05, 3.63) is 114 Å². The van der Waals surface area contributed by atoms with E-state index < -0.39 is 0 Å². The van der Waals surface area contributed by atoms with Gasteiger partial charge in [-0.1, -0.05) is 36.4 Å². The summed E-state index contributed by atoms with van der Waals surface area (Å²) < 4.78 is 21.9. The lowest BCUT2D eigenvalue weighted by molar-refractivity contribution is 0.0951. The highest BCUT2D eigenvalue weighted by Gasteiger charge is 2.10. The maximum atomic E-state index is 14.5. The van der Waals surface area contributed by atoms with Crippen molar-refractivity contribution in [3.63, 3.8) is 0 Å². The minimum atomic E-state index is -0.365. The molecular weight excluding hydrogens is 393 g/mol. The van der Waals surface area contributed by atoms with Crippen LogP contribution in [0.4, 0.5) is 4.39 Å². The van der Waals surface area contributed by atoms with Crippen molar-refractivity contribution < 1.29 is 13.9 Å². The highest BCUT2D eigenvalue weighted by molar-refractivity contribution is 5.94. The van der Waals surface area contributed by atoms with Crippen molar-refractivity contribution in [1.82, 2.24) is 14.9 Å². The monoisotopic (exact) mass is 415 g/mol. The molecule has 0 spiro atoms. The van der Waals surface area contributed by atoms with Gasteiger partial charge in [0.1, 0.15) is 24.0 Å². The molecule has 1 N–H and O–H groups in total. The molecule has 1 aromatic heterocycles. The van der Waals surface area contributed by atoms with E-state index >= 15 is 0 Å². The highest BCUT2D eigenvalue weighted by Crippen LogP contribution is 2.17. The third kappa shape index (κ3) is 4.98. The Kier molecular flexibility index (Phi) is 6.08. The Labute approximate surface area is 180 Å². The number of aryl methyl sites for hydroxylation is 1. The largest absolute Gasteiger partial charge is 0.489 e. The molecule has 4 aromatic rings. The SMILES string of the molecule is Cc1nccn1-c1ccc(CNC(=O)c2ccc(COc3ccccc3)cc2)cc1F. The van der Waals surface area contributed by atoms with Crippen molar-refractivity contribution in [2.45, 2.75) is 20.1 Å². The summed E-state index contributed by atoms with van der Waals surface area (Å²) in [5, 5.41) is 2.83. The number of aromatic nitrogens is 2. The standard InChI is InChI=1S/C25H22FN3O2/c1-18-27-13-14-29(18)24-12-9-20(15-23(24)26)16-28-25(30)21-10-7-19(8-11-21)17-31-22-5-3-2-4-6-22/h2-15H,16-17H2,1H3,(H,28,30). The summed E-state index contributed by atoms with van der Waals surface area (Å²) in [7, 11) is 0. The predicted octanol–water partition coefficient (Wildman–Crippen LogP) is 4.83. The Morgan fingerprint density at radius 1 is 1.03 bits per heavy atom. The summed E-state index contributed by atoms with van der Waals surface area (Å²) in [5.41, 5.74) is 2.61. The van der Waals surface area contributed by atoms with Gasteiger partial charge in [0.05, 0.1) is 5.69 Å². The fourth-order valence-electron chi connectivity index (χ4n) is 3.21. The summed E-state index contributed by atoms with van der Waals surface area (Å²) >= 11 is 0. The number of benzene rings is 3. The fraction of sp³-hybridized carbons (Fsp3) is 0.120. The van der Waals surface area contributed by atoms with Crippen LogP contribution in [0.25, 0.3) is 5.69 Å². The van der Waals surface area contributed by atoms with Crippen LogP contribution >= 0.6 is 0 Å². The number of imidazole rings is 1. The normalized spacial score (nSPS) is 10.6. The van der Waals surface area contributed by atoms with Crippen LogP contribution in [0.3, 0.4) is 0 Å². The molecule has 6 heteroatoms. The van der Waals surface area contributed by atoms with Gasteiger partial charge in [-0.2, -0.15) is 0 Å². The van der Waals surface area contributed by atoms with Crippen molar-refractivity contribution in [2.75, 3.05) is 0 Å². The van der Waals surface area contributed by atoms with Crippen LogP contribution in [0.15, 0.2) is 85.2 Å². The molecule has 4 rings (SSSR count). The molecular formula is C25H22FN3O2. The molecule has 0 saturated heterocycles. The van der Waals surface area contributed by atoms with Crippen LogP contribution in [0, 0.1) is 12.7 Å². The van der Waals surface area contributed by atoms with Gasteiger partial charge < -0.3 is 14.6 Å². The van der Waals surface area contributed by atoms with Crippen molar-refractivity contribution in [2.24, 2.45) is 0 Å². The van der Waals surface area contributed by atoms with E-state index in [0.29, 0.717) is 29.2 Å². The maximum absolute atomic E-state index is 14.5. The van der Waals surface area contributed by atoms with Gasteiger partial charge in [-0.15, -0.1) is 0 Å². The second-order valence-corrected chi connectivity index (χ2v) is 7.11. The van der Waals surface area contributed by atoms with Gasteiger partial charge >= 0.3 is 0 Å². The Morgan fingerprint density at radius 3 is 2.45 bits per heavy atom. The molecule has 0 fully saturated rings. The molecule has 0 radical (unpaired) electrons. The zero-order valence-electron chi connectivity index (χ0n) is 17.1. The first-order valence-corrected chi connectivity index (χ1v) is 9.94. The zero-order chi connectivity index (χ0) is 21.6. The first kappa shape index (κ1) is 20.3. The molecule has 0 aliphatic carbocycles. The number of para-hydroxylation sites is 1. The van der Waals surface area contributed by atoms with Crippen molar-refractivity contribution in [1.29, 1.82) is 0 Å². The molecule has 1 amide bonds. The third-order valence-electron chi connectivity index (χ3n) is 4.92. The molecule has 3 aromatic carbocycles. The quantitative estimate of drug-likeness (QED) is 0.470. The smallest absolute Gasteiger partial charge is 0.251 e. The molecule has 0 aliphatic heterocycles. The molecule has 31 heavy (non-hydrogen) atoms. The number of amides is 1. The lowest BCUT2D eigenvalue weighted by atomic mass is 10.1. The van der Waals surface area contributed by atoms with Crippen LogP contribution in [0.5, 0.6) is 5.75 Å². The third-order valence-corrected chi connectivity index (χ3v) is 4.92. The summed E-state index contributed by atoms with van der Waals surface area (Å²) in [4.78, 5) is 16.6. The second-order valence-electron chi connectivity index (χ2n) is 7.11. The van der Waals surface area contributed by atoms with Gasteiger partial charge in [-0.05, 0) is 54.4 Å². The number of rotatable bonds is 7. The maximum Gasteiger partial charge on any atom is 0.251 e. The van der Waals surface area contributed by atoms with Gasteiger partial charge in [0, 0.05) is 24.5 Å². The lowest BCUT2D eigenvalue weighted by Crippen LogP contribution is -2.22. The van der Waals surface area contributed by atoms with Crippen LogP contribution < -0.4 is 10.1 Å². The highest BCUT2D eigenvalue weighted by atomic mass is 19.1. The number of hydrogen-bond donors (Lipinski definition) is 1. The molecule has 1 heterocycles. The van der Waals surface area contributed by atoms with Crippen molar-refractivity contribution in [3.8, 4) is 11.4 Å². The minimum absolute atomic E-state index is 0.217. The number of hydrogen-bond acceptors (Lipinski definition) is 3. The first-order valence-electron chi connectivity index (χ1n) is 9.94. The Bertz CT molecular complexity index is 1170. The fourth-order valence-corrected chi connectivity index (χ4v) is 3.21. The minimum Gasteiger partial charge on any atom is -0.489 e. The molecule has 5 nitrogen and oxygen atoms in total. The zero-order valence-corrected chi connectivity index (χ0v) is 17.1. The van der Waals surface area contributed by atoms with E-state index in [1.807, 2.05) is 49.4 Å². The van der Waals surface area contributed by atoms with E-state index in [1.54, 1.807) is 41.2 Å². The summed E-state index contributed by atoms with van der Waals surface area (Å²) in [5.74, 6) is 0.921. The summed E-state index contributed by atoms with van der Waals surface area (Å²) in [6.07, 6.45) is 3.34. The van der Waals surface area contributed by atoms with Crippen LogP contribution in [-0.2, 0) is 13.2 Å². The molecule has 0 atom stereocenters.